The Bertz CT molecular complexity index is 1250. The Labute approximate surface area is 186 Å². The van der Waals surface area contributed by atoms with Gasteiger partial charge < -0.3 is 4.42 Å². The number of benzene rings is 3. The summed E-state index contributed by atoms with van der Waals surface area (Å²) in [4.78, 5) is 24.6. The number of hydrogen-bond acceptors (Lipinski definition) is 5. The van der Waals surface area contributed by atoms with Gasteiger partial charge in [-0.05, 0) is 70.9 Å². The molecule has 2 amide bonds. The fourth-order valence-corrected chi connectivity index (χ4v) is 3.39. The Kier molecular flexibility index (Phi) is 5.90. The van der Waals surface area contributed by atoms with Crippen molar-refractivity contribution in [1.29, 1.82) is 0 Å². The predicted octanol–water partition coefficient (Wildman–Crippen LogP) is 4.55. The fraction of sp³-hybridized carbons (Fsp3) is 0.0435. The minimum Gasteiger partial charge on any atom is -0.416 e. The molecule has 8 heteroatoms. The molecule has 1 heterocycles. The highest BCUT2D eigenvalue weighted by Gasteiger charge is 2.14. The molecular weight excluding hydrogens is 460 g/mol. The molecule has 0 aliphatic rings. The highest BCUT2D eigenvalue weighted by molar-refractivity contribution is 9.10. The van der Waals surface area contributed by atoms with E-state index in [0.29, 0.717) is 32.9 Å². The fourth-order valence-electron chi connectivity index (χ4n) is 2.92. The quantitative estimate of drug-likeness (QED) is 0.421. The number of hydrogen-bond donors (Lipinski definition) is 2. The number of carbonyl (C=O) groups is 2. The van der Waals surface area contributed by atoms with Crippen LogP contribution in [0.3, 0.4) is 0 Å². The number of hydrazine groups is 1. The van der Waals surface area contributed by atoms with E-state index >= 15 is 0 Å². The van der Waals surface area contributed by atoms with E-state index in [9.17, 15) is 9.59 Å². The molecule has 0 unspecified atom stereocenters. The molecule has 2 N–H and O–H groups in total. The Morgan fingerprint density at radius 1 is 0.806 bits per heavy atom. The first kappa shape index (κ1) is 20.5. The first-order chi connectivity index (χ1) is 15.0. The van der Waals surface area contributed by atoms with Crippen LogP contribution < -0.4 is 10.9 Å². The van der Waals surface area contributed by atoms with Crippen LogP contribution in [0.25, 0.3) is 22.9 Å². The molecule has 0 bridgehead atoms. The van der Waals surface area contributed by atoms with Gasteiger partial charge in [0.05, 0.1) is 5.56 Å². The summed E-state index contributed by atoms with van der Waals surface area (Å²) in [5.41, 5.74) is 8.18. The molecule has 0 radical (unpaired) electrons. The van der Waals surface area contributed by atoms with E-state index < -0.39 is 11.8 Å². The lowest BCUT2D eigenvalue weighted by molar-refractivity contribution is 0.0846. The summed E-state index contributed by atoms with van der Waals surface area (Å²) in [5, 5.41) is 8.22. The first-order valence-corrected chi connectivity index (χ1v) is 10.2. The monoisotopic (exact) mass is 476 g/mol. The maximum atomic E-state index is 12.4. The summed E-state index contributed by atoms with van der Waals surface area (Å²) in [6, 6.07) is 21.3. The molecule has 0 spiro atoms. The topological polar surface area (TPSA) is 97.1 Å². The smallest absolute Gasteiger partial charge is 0.270 e. The third-order valence-corrected chi connectivity index (χ3v) is 5.29. The summed E-state index contributed by atoms with van der Waals surface area (Å²) in [5.74, 6) is -0.0812. The van der Waals surface area contributed by atoms with E-state index in [2.05, 4.69) is 37.0 Å². The van der Waals surface area contributed by atoms with E-state index in [1.165, 1.54) is 0 Å². The summed E-state index contributed by atoms with van der Waals surface area (Å²) >= 11 is 3.31. The van der Waals surface area contributed by atoms with Crippen LogP contribution in [0.5, 0.6) is 0 Å². The van der Waals surface area contributed by atoms with Crippen molar-refractivity contribution in [1.82, 2.24) is 21.0 Å². The third kappa shape index (κ3) is 4.54. The number of amides is 2. The largest absolute Gasteiger partial charge is 0.416 e. The number of aromatic nitrogens is 2. The van der Waals surface area contributed by atoms with Gasteiger partial charge in [-0.1, -0.05) is 30.3 Å². The van der Waals surface area contributed by atoms with E-state index in [1.807, 2.05) is 31.2 Å². The minimum absolute atomic E-state index is 0.354. The standard InChI is InChI=1S/C23H17BrN4O3/c1-14-6-2-3-7-17(14)23-28-27-22(31-23)16-12-10-15(11-13-16)20(29)25-26-21(30)18-8-4-5-9-19(18)24/h2-13H,1H3,(H,25,29)(H,26,30). The normalized spacial score (nSPS) is 10.5. The lowest BCUT2D eigenvalue weighted by atomic mass is 10.1. The van der Waals surface area contributed by atoms with Gasteiger partial charge in [-0.2, -0.15) is 0 Å². The molecular formula is C23H17BrN4O3. The van der Waals surface area contributed by atoms with Crippen molar-refractivity contribution in [3.8, 4) is 22.9 Å². The van der Waals surface area contributed by atoms with Crippen molar-refractivity contribution < 1.29 is 14.0 Å². The number of nitrogens with one attached hydrogen (secondary N) is 2. The van der Waals surface area contributed by atoms with Gasteiger partial charge in [0.15, 0.2) is 0 Å². The van der Waals surface area contributed by atoms with Crippen molar-refractivity contribution >= 4 is 27.7 Å². The zero-order valence-electron chi connectivity index (χ0n) is 16.4. The van der Waals surface area contributed by atoms with Gasteiger partial charge in [-0.25, -0.2) is 0 Å². The maximum absolute atomic E-state index is 12.4. The summed E-state index contributed by atoms with van der Waals surface area (Å²) in [7, 11) is 0. The SMILES string of the molecule is Cc1ccccc1-c1nnc(-c2ccc(C(=O)NNC(=O)c3ccccc3Br)cc2)o1. The van der Waals surface area contributed by atoms with Gasteiger partial charge in [0.1, 0.15) is 0 Å². The van der Waals surface area contributed by atoms with Crippen LogP contribution in [0.1, 0.15) is 26.3 Å². The molecule has 31 heavy (non-hydrogen) atoms. The molecule has 7 nitrogen and oxygen atoms in total. The average molecular weight is 477 g/mol. The Morgan fingerprint density at radius 2 is 1.45 bits per heavy atom. The second-order valence-corrected chi connectivity index (χ2v) is 7.55. The van der Waals surface area contributed by atoms with Crippen LogP contribution in [-0.2, 0) is 0 Å². The Morgan fingerprint density at radius 3 is 2.19 bits per heavy atom. The maximum Gasteiger partial charge on any atom is 0.270 e. The highest BCUT2D eigenvalue weighted by Crippen LogP contribution is 2.26. The number of carbonyl (C=O) groups excluding carboxylic acids is 2. The molecule has 0 aliphatic carbocycles. The highest BCUT2D eigenvalue weighted by atomic mass is 79.9. The van der Waals surface area contributed by atoms with Gasteiger partial charge in [-0.3, -0.25) is 20.4 Å². The minimum atomic E-state index is -0.446. The molecule has 3 aromatic carbocycles. The number of nitrogens with zero attached hydrogens (tertiary/aromatic N) is 2. The third-order valence-electron chi connectivity index (χ3n) is 4.60. The molecule has 4 aromatic rings. The second-order valence-electron chi connectivity index (χ2n) is 6.69. The van der Waals surface area contributed by atoms with Crippen molar-refractivity contribution in [2.75, 3.05) is 0 Å². The van der Waals surface area contributed by atoms with Gasteiger partial charge in [0, 0.05) is 21.2 Å². The van der Waals surface area contributed by atoms with E-state index in [-0.39, 0.29) is 0 Å². The zero-order valence-corrected chi connectivity index (χ0v) is 18.0. The molecule has 154 valence electrons. The molecule has 0 saturated heterocycles. The average Bonchev–Trinajstić information content (AvgIpc) is 3.28. The first-order valence-electron chi connectivity index (χ1n) is 9.38. The number of aryl methyl sites for hydroxylation is 1. The van der Waals surface area contributed by atoms with Gasteiger partial charge in [-0.15, -0.1) is 10.2 Å². The lowest BCUT2D eigenvalue weighted by Crippen LogP contribution is -2.41. The van der Waals surface area contributed by atoms with Crippen LogP contribution >= 0.6 is 15.9 Å². The van der Waals surface area contributed by atoms with Gasteiger partial charge >= 0.3 is 0 Å². The van der Waals surface area contributed by atoms with E-state index in [0.717, 1.165) is 11.1 Å². The predicted molar refractivity (Wildman–Crippen MR) is 119 cm³/mol. The Balaban J connectivity index is 1.43. The molecule has 0 atom stereocenters. The van der Waals surface area contributed by atoms with E-state index in [1.54, 1.807) is 48.5 Å². The molecule has 0 fully saturated rings. The van der Waals surface area contributed by atoms with Crippen molar-refractivity contribution in [3.05, 3.63) is 94.0 Å². The van der Waals surface area contributed by atoms with E-state index in [4.69, 9.17) is 4.42 Å². The van der Waals surface area contributed by atoms with Crippen LogP contribution in [0.4, 0.5) is 0 Å². The second kappa shape index (κ2) is 8.93. The lowest BCUT2D eigenvalue weighted by Gasteiger charge is -2.08. The summed E-state index contributed by atoms with van der Waals surface area (Å²) in [6.45, 7) is 1.97. The Hall–Kier alpha value is -3.78. The van der Waals surface area contributed by atoms with Crippen molar-refractivity contribution in [2.45, 2.75) is 6.92 Å². The summed E-state index contributed by atoms with van der Waals surface area (Å²) < 4.78 is 6.43. The van der Waals surface area contributed by atoms with Crippen molar-refractivity contribution in [2.24, 2.45) is 0 Å². The molecule has 0 saturated carbocycles. The summed E-state index contributed by atoms with van der Waals surface area (Å²) in [6.07, 6.45) is 0. The molecule has 0 aliphatic heterocycles. The van der Waals surface area contributed by atoms with Crippen molar-refractivity contribution in [3.63, 3.8) is 0 Å². The number of rotatable bonds is 4. The molecule has 4 rings (SSSR count). The molecule has 1 aromatic heterocycles. The van der Waals surface area contributed by atoms with Crippen LogP contribution in [0, 0.1) is 6.92 Å². The number of halogens is 1. The van der Waals surface area contributed by atoms with Crippen LogP contribution in [0.2, 0.25) is 0 Å². The van der Waals surface area contributed by atoms with Gasteiger partial charge in [0.2, 0.25) is 11.8 Å². The zero-order chi connectivity index (χ0) is 21.8. The van der Waals surface area contributed by atoms with Gasteiger partial charge in [0.25, 0.3) is 11.8 Å². The van der Waals surface area contributed by atoms with Crippen LogP contribution in [0.15, 0.2) is 81.7 Å². The van der Waals surface area contributed by atoms with Crippen LogP contribution in [-0.4, -0.2) is 22.0 Å².